The number of nitrogens with zero attached hydrogens (tertiary/aromatic N) is 3. The Morgan fingerprint density at radius 3 is 1.78 bits per heavy atom. The van der Waals surface area contributed by atoms with Crippen molar-refractivity contribution >= 4 is 48.7 Å². The van der Waals surface area contributed by atoms with Gasteiger partial charge in [-0.15, -0.1) is 22.7 Å². The minimum atomic E-state index is 0.724. The molecule has 210 valence electrons. The van der Waals surface area contributed by atoms with Gasteiger partial charge in [0.25, 0.3) is 0 Å². The van der Waals surface area contributed by atoms with Crippen molar-refractivity contribution in [2.45, 2.75) is 47.0 Å². The molecule has 6 aromatic rings. The van der Waals surface area contributed by atoms with E-state index < -0.39 is 0 Å². The summed E-state index contributed by atoms with van der Waals surface area (Å²) in [5.74, 6) is 1.83. The van der Waals surface area contributed by atoms with Gasteiger partial charge in [-0.25, -0.2) is 4.98 Å². The van der Waals surface area contributed by atoms with Gasteiger partial charge in [0.1, 0.15) is 5.82 Å². The second kappa shape index (κ2) is 13.9. The number of aromatic nitrogens is 2. The van der Waals surface area contributed by atoms with Crippen molar-refractivity contribution in [3.63, 3.8) is 0 Å². The Morgan fingerprint density at radius 1 is 0.707 bits per heavy atom. The molecular weight excluding hydrogens is 539 g/mol. The second-order valence-electron chi connectivity index (χ2n) is 10.9. The van der Waals surface area contributed by atoms with Gasteiger partial charge in [-0.05, 0) is 78.9 Å². The Morgan fingerprint density at radius 2 is 1.29 bits per heavy atom. The third-order valence-electron chi connectivity index (χ3n) is 7.16. The summed E-state index contributed by atoms with van der Waals surface area (Å²) in [4.78, 5) is 14.1. The van der Waals surface area contributed by atoms with Crippen LogP contribution in [0.1, 0.15) is 45.7 Å². The molecule has 4 aromatic heterocycles. The highest BCUT2D eigenvalue weighted by Gasteiger charge is 2.10. The first-order chi connectivity index (χ1) is 20.0. The first kappa shape index (κ1) is 29.0. The maximum absolute atomic E-state index is 4.79. The molecule has 0 fully saturated rings. The zero-order valence-electron chi connectivity index (χ0n) is 24.5. The first-order valence-corrected chi connectivity index (χ1v) is 16.2. The minimum absolute atomic E-state index is 0.724. The van der Waals surface area contributed by atoms with E-state index >= 15 is 0 Å². The maximum Gasteiger partial charge on any atom is 0.128 e. The number of benzene rings is 2. The zero-order valence-corrected chi connectivity index (χ0v) is 26.1. The van der Waals surface area contributed by atoms with Gasteiger partial charge in [-0.2, -0.15) is 0 Å². The predicted molar refractivity (Wildman–Crippen MR) is 181 cm³/mol. The molecule has 5 heteroatoms. The van der Waals surface area contributed by atoms with E-state index in [1.807, 2.05) is 42.0 Å². The van der Waals surface area contributed by atoms with Crippen LogP contribution in [-0.2, 0) is 0 Å². The third-order valence-corrected chi connectivity index (χ3v) is 9.49. The fourth-order valence-electron chi connectivity index (χ4n) is 4.68. The van der Waals surface area contributed by atoms with E-state index in [4.69, 9.17) is 4.98 Å². The topological polar surface area (TPSA) is 29.0 Å². The van der Waals surface area contributed by atoms with Gasteiger partial charge in [0.15, 0.2) is 0 Å². The number of unbranched alkanes of at least 4 members (excludes halogenated alkanes) is 1. The summed E-state index contributed by atoms with van der Waals surface area (Å²) in [6.07, 6.45) is 7.63. The molecule has 3 nitrogen and oxygen atoms in total. The highest BCUT2D eigenvalue weighted by molar-refractivity contribution is 7.22. The zero-order chi connectivity index (χ0) is 28.6. The largest absolute Gasteiger partial charge is 0.357 e. The molecule has 6 rings (SSSR count). The van der Waals surface area contributed by atoms with Gasteiger partial charge in [-0.3, -0.25) is 4.98 Å². The van der Waals surface area contributed by atoms with Crippen LogP contribution < -0.4 is 4.90 Å². The summed E-state index contributed by atoms with van der Waals surface area (Å²) in [5, 5.41) is 2.62. The lowest BCUT2D eigenvalue weighted by Gasteiger charge is -2.24. The highest BCUT2D eigenvalue weighted by atomic mass is 32.1. The van der Waals surface area contributed by atoms with Gasteiger partial charge in [0.2, 0.25) is 0 Å². The van der Waals surface area contributed by atoms with Gasteiger partial charge in [-0.1, -0.05) is 69.7 Å². The van der Waals surface area contributed by atoms with Crippen LogP contribution in [0.4, 0.5) is 5.82 Å². The summed E-state index contributed by atoms with van der Waals surface area (Å²) in [6.45, 7) is 11.0. The number of aryl methyl sites for hydroxylation is 1. The molecule has 0 aliphatic carbocycles. The standard InChI is InChI=1S/C22H28N2S.C14H11NS/c1-4-5-13-24(14-12-17(2)3)22-11-10-19(16-23-22)21-15-18-8-6-7-9-20(18)25-21;1-10-6-7-12(9-15-10)14-8-11-4-2-3-5-13(11)16-14/h6-11,15-17H,4-5,12-14H2,1-3H3;2-9H,1H3. The predicted octanol–water partition coefficient (Wildman–Crippen LogP) is 10.9. The SMILES string of the molecule is CCCCN(CCC(C)C)c1ccc(-c2cc3ccccc3s2)cn1.Cc1ccc(-c2cc3ccccc3s2)cn1. The van der Waals surface area contributed by atoms with E-state index in [1.165, 1.54) is 60.3 Å². The number of pyridine rings is 2. The average Bonchev–Trinajstić information content (AvgIpc) is 3.63. The van der Waals surface area contributed by atoms with Crippen LogP contribution in [0.2, 0.25) is 0 Å². The summed E-state index contributed by atoms with van der Waals surface area (Å²) in [5.41, 5.74) is 3.47. The maximum atomic E-state index is 4.79. The third kappa shape index (κ3) is 7.60. The average molecular weight is 578 g/mol. The molecule has 0 saturated heterocycles. The van der Waals surface area contributed by atoms with E-state index in [-0.39, 0.29) is 0 Å². The molecule has 0 spiro atoms. The molecule has 0 aliphatic rings. The number of anilines is 1. The Bertz CT molecular complexity index is 1600. The molecule has 41 heavy (non-hydrogen) atoms. The van der Waals surface area contributed by atoms with Crippen LogP contribution in [0, 0.1) is 12.8 Å². The quantitative estimate of drug-likeness (QED) is 0.171. The first-order valence-electron chi connectivity index (χ1n) is 14.6. The van der Waals surface area contributed by atoms with Crippen LogP contribution in [-0.4, -0.2) is 23.1 Å². The summed E-state index contributed by atoms with van der Waals surface area (Å²) in [7, 11) is 0. The number of rotatable bonds is 9. The van der Waals surface area contributed by atoms with Crippen LogP contribution in [0.25, 0.3) is 41.1 Å². The van der Waals surface area contributed by atoms with E-state index in [0.717, 1.165) is 30.5 Å². The van der Waals surface area contributed by atoms with Crippen molar-refractivity contribution < 1.29 is 0 Å². The number of fused-ring (bicyclic) bond motifs is 2. The molecule has 0 radical (unpaired) electrons. The monoisotopic (exact) mass is 577 g/mol. The number of hydrogen-bond acceptors (Lipinski definition) is 5. The lowest BCUT2D eigenvalue weighted by Crippen LogP contribution is -2.27. The normalized spacial score (nSPS) is 11.1. The molecule has 0 amide bonds. The fourth-order valence-corrected chi connectivity index (χ4v) is 6.79. The van der Waals surface area contributed by atoms with Crippen molar-refractivity contribution in [3.8, 4) is 20.9 Å². The van der Waals surface area contributed by atoms with Crippen molar-refractivity contribution in [2.24, 2.45) is 5.92 Å². The van der Waals surface area contributed by atoms with Gasteiger partial charge >= 0.3 is 0 Å². The molecule has 0 atom stereocenters. The van der Waals surface area contributed by atoms with E-state index in [9.17, 15) is 0 Å². The lowest BCUT2D eigenvalue weighted by atomic mass is 10.1. The Hall–Kier alpha value is -3.54. The molecule has 0 N–H and O–H groups in total. The smallest absolute Gasteiger partial charge is 0.128 e. The summed E-state index contributed by atoms with van der Waals surface area (Å²) >= 11 is 3.66. The van der Waals surface area contributed by atoms with E-state index in [0.29, 0.717) is 0 Å². The van der Waals surface area contributed by atoms with Crippen LogP contribution in [0.5, 0.6) is 0 Å². The summed E-state index contributed by atoms with van der Waals surface area (Å²) in [6, 6.07) is 30.1. The summed E-state index contributed by atoms with van der Waals surface area (Å²) < 4.78 is 2.67. The highest BCUT2D eigenvalue weighted by Crippen LogP contribution is 2.34. The molecule has 0 saturated carbocycles. The Kier molecular flexibility index (Phi) is 9.81. The van der Waals surface area contributed by atoms with E-state index in [1.54, 1.807) is 0 Å². The number of hydrogen-bond donors (Lipinski definition) is 0. The van der Waals surface area contributed by atoms with Crippen molar-refractivity contribution in [1.29, 1.82) is 0 Å². The lowest BCUT2D eigenvalue weighted by molar-refractivity contribution is 0.564. The van der Waals surface area contributed by atoms with Crippen LogP contribution in [0.3, 0.4) is 0 Å². The van der Waals surface area contributed by atoms with Crippen molar-refractivity contribution in [1.82, 2.24) is 9.97 Å². The molecule has 0 bridgehead atoms. The second-order valence-corrected chi connectivity index (χ2v) is 13.1. The van der Waals surface area contributed by atoms with Gasteiger partial charge in [0.05, 0.1) is 0 Å². The van der Waals surface area contributed by atoms with Crippen molar-refractivity contribution in [2.75, 3.05) is 18.0 Å². The Balaban J connectivity index is 0.000000181. The molecule has 2 aromatic carbocycles. The molecule has 0 aliphatic heterocycles. The Labute approximate surface area is 252 Å². The van der Waals surface area contributed by atoms with E-state index in [2.05, 4.69) is 116 Å². The molecule has 0 unspecified atom stereocenters. The van der Waals surface area contributed by atoms with Crippen molar-refractivity contribution in [3.05, 3.63) is 103 Å². The van der Waals surface area contributed by atoms with Gasteiger partial charge in [0, 0.05) is 61.5 Å². The van der Waals surface area contributed by atoms with Crippen LogP contribution >= 0.6 is 22.7 Å². The fraction of sp³-hybridized carbons (Fsp3) is 0.278. The van der Waals surface area contributed by atoms with Gasteiger partial charge < -0.3 is 4.90 Å². The molecular formula is C36H39N3S2. The van der Waals surface area contributed by atoms with Crippen LogP contribution in [0.15, 0.2) is 97.3 Å². The number of thiophene rings is 2. The minimum Gasteiger partial charge on any atom is -0.357 e. The molecule has 4 heterocycles.